The number of likely N-dealkylation sites (tertiary alicyclic amines) is 1. The lowest BCUT2D eigenvalue weighted by Gasteiger charge is -2.49. The summed E-state index contributed by atoms with van der Waals surface area (Å²) in [4.78, 5) is 39.4. The molecule has 1 aliphatic carbocycles. The highest BCUT2D eigenvalue weighted by Crippen LogP contribution is 2.54. The molecule has 0 unspecified atom stereocenters. The quantitative estimate of drug-likeness (QED) is 0.255. The van der Waals surface area contributed by atoms with Crippen molar-refractivity contribution in [2.75, 3.05) is 26.3 Å². The lowest BCUT2D eigenvalue weighted by atomic mass is 9.58. The molecular weight excluding hydrogens is 442 g/mol. The molecule has 0 radical (unpaired) electrons. The third kappa shape index (κ3) is 4.69. The van der Waals surface area contributed by atoms with Crippen LogP contribution < -0.4 is 0 Å². The van der Waals surface area contributed by atoms with Gasteiger partial charge in [-0.15, -0.1) is 6.58 Å². The lowest BCUT2D eigenvalue weighted by Crippen LogP contribution is -2.54. The fourth-order valence-corrected chi connectivity index (χ4v) is 5.91. The van der Waals surface area contributed by atoms with E-state index in [4.69, 9.17) is 9.47 Å². The largest absolute Gasteiger partial charge is 0.480 e. The molecule has 0 spiro atoms. The molecule has 0 bridgehead atoms. The summed E-state index contributed by atoms with van der Waals surface area (Å²) in [6, 6.07) is -0.679. The van der Waals surface area contributed by atoms with Crippen LogP contribution in [0.2, 0.25) is 0 Å². The first-order chi connectivity index (χ1) is 16.1. The average molecular weight is 478 g/mol. The fourth-order valence-electron chi connectivity index (χ4n) is 5.91. The van der Waals surface area contributed by atoms with Gasteiger partial charge in [0.2, 0.25) is 0 Å². The normalized spacial score (nSPS) is 36.0. The number of ether oxygens (including phenoxy) is 2. The van der Waals surface area contributed by atoms with Gasteiger partial charge in [-0.05, 0) is 43.7 Å². The second-order valence-electron chi connectivity index (χ2n) is 9.70. The van der Waals surface area contributed by atoms with E-state index in [1.807, 2.05) is 6.92 Å². The topological polar surface area (TPSA) is 134 Å². The molecule has 3 fully saturated rings. The number of esters is 2. The minimum atomic E-state index is -0.932. The summed E-state index contributed by atoms with van der Waals surface area (Å²) in [7, 11) is 0. The number of hydrogen-bond donors (Lipinski definition) is 3. The predicted octanol–water partition coefficient (Wildman–Crippen LogP) is 1.30. The van der Waals surface area contributed by atoms with Crippen LogP contribution in [0.15, 0.2) is 36.5 Å². The first-order valence-electron chi connectivity index (χ1n) is 11.7. The molecule has 2 heterocycles. The Bertz CT molecular complexity index is 882. The van der Waals surface area contributed by atoms with Crippen LogP contribution in [-0.2, 0) is 23.9 Å². The number of aliphatic carboxylic acids is 1. The van der Waals surface area contributed by atoms with E-state index in [-0.39, 0.29) is 18.7 Å². The maximum Gasteiger partial charge on any atom is 0.336 e. The highest BCUT2D eigenvalue weighted by Gasteiger charge is 2.61. The molecule has 2 aliphatic heterocycles. The maximum absolute atomic E-state index is 13.1. The van der Waals surface area contributed by atoms with Crippen molar-refractivity contribution in [3.05, 3.63) is 36.5 Å². The van der Waals surface area contributed by atoms with Crippen molar-refractivity contribution in [2.24, 2.45) is 23.2 Å². The van der Waals surface area contributed by atoms with Gasteiger partial charge in [-0.3, -0.25) is 14.5 Å². The molecule has 0 aromatic heterocycles. The molecular formula is C25H35NO8. The summed E-state index contributed by atoms with van der Waals surface area (Å²) in [5.41, 5.74) is -0.0936. The SMILES string of the molecule is C=C[C@]1(C)C[C@H](OC(=O)/C(=C/C)CO)[C@@H]2[C@H](OC(=O)[C@H]2CN2CCC[C@H]2C(=O)O)[C@H]1C(=C)CO. The number of aliphatic hydroxyl groups excluding tert-OH is 2. The first-order valence-corrected chi connectivity index (χ1v) is 11.7. The number of carbonyl (C=O) groups excluding carboxylic acids is 2. The molecule has 2 saturated heterocycles. The van der Waals surface area contributed by atoms with Crippen molar-refractivity contribution in [2.45, 2.75) is 51.4 Å². The van der Waals surface area contributed by atoms with Crippen molar-refractivity contribution in [3.8, 4) is 0 Å². The first kappa shape index (κ1) is 26.1. The number of rotatable bonds is 9. The molecule has 34 heavy (non-hydrogen) atoms. The third-order valence-electron chi connectivity index (χ3n) is 7.74. The van der Waals surface area contributed by atoms with Gasteiger partial charge in [0, 0.05) is 18.4 Å². The van der Waals surface area contributed by atoms with E-state index in [9.17, 15) is 29.7 Å². The molecule has 7 atom stereocenters. The van der Waals surface area contributed by atoms with E-state index in [2.05, 4.69) is 13.2 Å². The molecule has 188 valence electrons. The molecule has 1 saturated carbocycles. The minimum absolute atomic E-state index is 0.103. The van der Waals surface area contributed by atoms with Gasteiger partial charge in [-0.25, -0.2) is 4.79 Å². The smallest absolute Gasteiger partial charge is 0.336 e. The van der Waals surface area contributed by atoms with E-state index in [0.717, 1.165) is 0 Å². The number of fused-ring (bicyclic) bond motifs is 1. The highest BCUT2D eigenvalue weighted by molar-refractivity contribution is 5.88. The summed E-state index contributed by atoms with van der Waals surface area (Å²) in [5, 5.41) is 29.0. The van der Waals surface area contributed by atoms with Crippen molar-refractivity contribution in [1.29, 1.82) is 0 Å². The summed E-state index contributed by atoms with van der Waals surface area (Å²) < 4.78 is 11.7. The molecule has 9 heteroatoms. The number of nitrogens with zero attached hydrogens (tertiary/aromatic N) is 1. The zero-order chi connectivity index (χ0) is 25.2. The number of carboxylic acids is 1. The Morgan fingerprint density at radius 2 is 2.03 bits per heavy atom. The van der Waals surface area contributed by atoms with Gasteiger partial charge in [-0.1, -0.05) is 25.7 Å². The Morgan fingerprint density at radius 1 is 1.32 bits per heavy atom. The Morgan fingerprint density at radius 3 is 2.59 bits per heavy atom. The van der Waals surface area contributed by atoms with Gasteiger partial charge >= 0.3 is 17.9 Å². The van der Waals surface area contributed by atoms with Gasteiger partial charge in [0.25, 0.3) is 0 Å². The summed E-state index contributed by atoms with van der Waals surface area (Å²) in [6.45, 7) is 11.4. The highest BCUT2D eigenvalue weighted by atomic mass is 16.6. The Labute approximate surface area is 199 Å². The van der Waals surface area contributed by atoms with Gasteiger partial charge in [0.05, 0.1) is 24.7 Å². The van der Waals surface area contributed by atoms with Crippen LogP contribution in [0, 0.1) is 23.2 Å². The predicted molar refractivity (Wildman–Crippen MR) is 122 cm³/mol. The Kier molecular flexibility index (Phi) is 8.00. The van der Waals surface area contributed by atoms with E-state index in [1.54, 1.807) is 17.9 Å². The molecule has 3 N–H and O–H groups in total. The standard InChI is InChI=1S/C25H35NO8/c1-5-15(13-28)23(31)33-18-10-25(4,6-2)20(14(3)12-27)21-19(18)16(24(32)34-21)11-26-9-7-8-17(26)22(29)30/h5-6,16-21,27-28H,2-3,7-13H2,1,4H3,(H,29,30)/b15-5+/t16-,17-,18-,19+,20+,21-,25+/m0/s1. The average Bonchev–Trinajstić information content (AvgIpc) is 3.39. The number of carboxylic acid groups (broad SMARTS) is 1. The summed E-state index contributed by atoms with van der Waals surface area (Å²) in [6.07, 6.45) is 3.24. The number of carbonyl (C=O) groups is 3. The number of hydrogen-bond acceptors (Lipinski definition) is 8. The van der Waals surface area contributed by atoms with E-state index in [1.165, 1.54) is 6.08 Å². The van der Waals surface area contributed by atoms with Gasteiger partial charge in [-0.2, -0.15) is 0 Å². The lowest BCUT2D eigenvalue weighted by molar-refractivity contribution is -0.160. The van der Waals surface area contributed by atoms with Gasteiger partial charge in [0.15, 0.2) is 0 Å². The molecule has 3 aliphatic rings. The second kappa shape index (κ2) is 10.4. The van der Waals surface area contributed by atoms with Crippen LogP contribution in [0.4, 0.5) is 0 Å². The van der Waals surface area contributed by atoms with Crippen molar-refractivity contribution in [1.82, 2.24) is 4.90 Å². The van der Waals surface area contributed by atoms with Crippen LogP contribution >= 0.6 is 0 Å². The molecule has 0 aromatic rings. The molecule has 0 amide bonds. The fraction of sp³-hybridized carbons (Fsp3) is 0.640. The monoisotopic (exact) mass is 477 g/mol. The Hall–Kier alpha value is -2.49. The third-order valence-corrected chi connectivity index (χ3v) is 7.74. The number of allylic oxidation sites excluding steroid dienone is 2. The van der Waals surface area contributed by atoms with Gasteiger partial charge < -0.3 is 24.8 Å². The van der Waals surface area contributed by atoms with Crippen LogP contribution in [0.1, 0.15) is 33.1 Å². The summed E-state index contributed by atoms with van der Waals surface area (Å²) in [5.74, 6) is -3.82. The van der Waals surface area contributed by atoms with Crippen LogP contribution in [0.25, 0.3) is 0 Å². The zero-order valence-electron chi connectivity index (χ0n) is 19.8. The minimum Gasteiger partial charge on any atom is -0.480 e. The molecule has 3 rings (SSSR count). The van der Waals surface area contributed by atoms with Crippen molar-refractivity contribution < 1.29 is 39.2 Å². The molecule has 0 aromatic carbocycles. The molecule has 9 nitrogen and oxygen atoms in total. The van der Waals surface area contributed by atoms with Crippen molar-refractivity contribution >= 4 is 17.9 Å². The van der Waals surface area contributed by atoms with Crippen molar-refractivity contribution in [3.63, 3.8) is 0 Å². The van der Waals surface area contributed by atoms with Crippen LogP contribution in [-0.4, -0.2) is 82.7 Å². The zero-order valence-corrected chi connectivity index (χ0v) is 19.8. The van der Waals surface area contributed by atoms with E-state index < -0.39 is 65.9 Å². The van der Waals surface area contributed by atoms with Gasteiger partial charge in [0.1, 0.15) is 18.2 Å². The van der Waals surface area contributed by atoms with E-state index >= 15 is 0 Å². The van der Waals surface area contributed by atoms with Crippen LogP contribution in [0.3, 0.4) is 0 Å². The Balaban J connectivity index is 1.99. The second-order valence-corrected chi connectivity index (χ2v) is 9.70. The summed E-state index contributed by atoms with van der Waals surface area (Å²) >= 11 is 0. The number of aliphatic hydroxyl groups is 2. The maximum atomic E-state index is 13.1. The van der Waals surface area contributed by atoms with Crippen LogP contribution in [0.5, 0.6) is 0 Å². The van der Waals surface area contributed by atoms with E-state index in [0.29, 0.717) is 31.4 Å².